The van der Waals surface area contributed by atoms with Crippen molar-refractivity contribution >= 4 is 11.6 Å². The monoisotopic (exact) mass is 272 g/mol. The molecular formula is C13H21ClN2O2. The molecule has 0 radical (unpaired) electrons. The molecule has 1 aromatic rings. The van der Waals surface area contributed by atoms with Crippen LogP contribution in [-0.4, -0.2) is 9.55 Å². The van der Waals surface area contributed by atoms with E-state index in [1.165, 1.54) is 4.57 Å². The Morgan fingerprint density at radius 3 is 2.33 bits per heavy atom. The van der Waals surface area contributed by atoms with Gasteiger partial charge in [0.2, 0.25) is 0 Å². The van der Waals surface area contributed by atoms with Gasteiger partial charge >= 0.3 is 5.69 Å². The average Bonchev–Trinajstić information content (AvgIpc) is 2.35. The summed E-state index contributed by atoms with van der Waals surface area (Å²) in [5.41, 5.74) is -0.126. The fraction of sp³-hybridized carbons (Fsp3) is 0.692. The van der Waals surface area contributed by atoms with Gasteiger partial charge in [0.05, 0.1) is 5.56 Å². The number of nitrogens with one attached hydrogen (secondary N) is 1. The Kier molecular flexibility index (Phi) is 5.66. The molecule has 0 unspecified atom stereocenters. The van der Waals surface area contributed by atoms with E-state index < -0.39 is 5.69 Å². The number of rotatable bonds is 6. The minimum atomic E-state index is -0.406. The molecule has 5 heteroatoms. The summed E-state index contributed by atoms with van der Waals surface area (Å²) in [6.07, 6.45) is 3.32. The Morgan fingerprint density at radius 1 is 1.22 bits per heavy atom. The van der Waals surface area contributed by atoms with Gasteiger partial charge in [-0.3, -0.25) is 14.3 Å². The molecule has 0 aromatic carbocycles. The molecular weight excluding hydrogens is 252 g/mol. The minimum absolute atomic E-state index is 0.188. The summed E-state index contributed by atoms with van der Waals surface area (Å²) >= 11 is 5.92. The van der Waals surface area contributed by atoms with E-state index in [9.17, 15) is 9.59 Å². The van der Waals surface area contributed by atoms with Crippen LogP contribution < -0.4 is 11.2 Å². The summed E-state index contributed by atoms with van der Waals surface area (Å²) in [5.74, 6) is 0.347. The quantitative estimate of drug-likeness (QED) is 0.809. The molecule has 0 amide bonds. The van der Waals surface area contributed by atoms with Gasteiger partial charge in [0.25, 0.3) is 5.56 Å². The van der Waals surface area contributed by atoms with Gasteiger partial charge in [-0.15, -0.1) is 0 Å². The smallest absolute Gasteiger partial charge is 0.297 e. The van der Waals surface area contributed by atoms with Crippen molar-refractivity contribution in [2.24, 2.45) is 5.92 Å². The van der Waals surface area contributed by atoms with Crippen molar-refractivity contribution in [2.75, 3.05) is 0 Å². The molecule has 0 spiro atoms. The molecule has 0 saturated heterocycles. The Hall–Kier alpha value is -1.03. The molecule has 0 aliphatic rings. The van der Waals surface area contributed by atoms with Crippen LogP contribution in [0.2, 0.25) is 5.15 Å². The molecule has 1 aromatic heterocycles. The van der Waals surface area contributed by atoms with E-state index in [2.05, 4.69) is 18.8 Å². The molecule has 0 atom stereocenters. The first kappa shape index (κ1) is 15.0. The summed E-state index contributed by atoms with van der Waals surface area (Å²) in [5, 5.41) is 0.188. The van der Waals surface area contributed by atoms with Crippen LogP contribution in [0.3, 0.4) is 0 Å². The molecule has 1 N–H and O–H groups in total. The third-order valence-corrected chi connectivity index (χ3v) is 3.65. The fourth-order valence-corrected chi connectivity index (χ4v) is 2.28. The molecule has 1 heterocycles. The highest BCUT2D eigenvalue weighted by atomic mass is 35.5. The SMILES string of the molecule is CCCc1c(Cl)[nH]c(=O)n(CC(CC)CC)c1=O. The standard InChI is InChI=1S/C13H21ClN2O2/c1-4-7-10-11(14)15-13(18)16(12(10)17)8-9(5-2)6-3/h9H,4-8H2,1-3H3,(H,15,18). The first-order valence-corrected chi connectivity index (χ1v) is 6.94. The second kappa shape index (κ2) is 6.78. The van der Waals surface area contributed by atoms with Crippen molar-refractivity contribution < 1.29 is 0 Å². The molecule has 18 heavy (non-hydrogen) atoms. The zero-order valence-corrected chi connectivity index (χ0v) is 12.0. The van der Waals surface area contributed by atoms with Gasteiger partial charge in [0.1, 0.15) is 5.15 Å². The third-order valence-electron chi connectivity index (χ3n) is 3.33. The molecule has 0 aliphatic heterocycles. The molecule has 1 rings (SSSR count). The predicted octanol–water partition coefficient (Wildman–Crippen LogP) is 2.58. The highest BCUT2D eigenvalue weighted by molar-refractivity contribution is 6.30. The lowest BCUT2D eigenvalue weighted by atomic mass is 10.0. The summed E-state index contributed by atoms with van der Waals surface area (Å²) in [6.45, 7) is 6.58. The maximum atomic E-state index is 12.2. The van der Waals surface area contributed by atoms with E-state index in [0.717, 1.165) is 19.3 Å². The van der Waals surface area contributed by atoms with E-state index in [4.69, 9.17) is 11.6 Å². The van der Waals surface area contributed by atoms with E-state index >= 15 is 0 Å². The highest BCUT2D eigenvalue weighted by Gasteiger charge is 2.14. The lowest BCUT2D eigenvalue weighted by Gasteiger charge is -2.14. The summed E-state index contributed by atoms with van der Waals surface area (Å²) in [7, 11) is 0. The Balaban J connectivity index is 3.23. The zero-order valence-electron chi connectivity index (χ0n) is 11.3. The van der Waals surface area contributed by atoms with Crippen LogP contribution in [0, 0.1) is 5.92 Å². The second-order valence-electron chi connectivity index (χ2n) is 4.57. The molecule has 102 valence electrons. The molecule has 0 saturated carbocycles. The lowest BCUT2D eigenvalue weighted by molar-refractivity contribution is 0.400. The Labute approximate surface area is 112 Å². The third kappa shape index (κ3) is 3.25. The van der Waals surface area contributed by atoms with Crippen LogP contribution in [0.15, 0.2) is 9.59 Å². The fourth-order valence-electron chi connectivity index (χ4n) is 2.02. The minimum Gasteiger partial charge on any atom is -0.297 e. The van der Waals surface area contributed by atoms with Gasteiger partial charge < -0.3 is 0 Å². The van der Waals surface area contributed by atoms with E-state index in [1.807, 2.05) is 6.92 Å². The summed E-state index contributed by atoms with van der Waals surface area (Å²) in [6, 6.07) is 0. The first-order chi connectivity index (χ1) is 8.54. The number of hydrogen-bond acceptors (Lipinski definition) is 2. The Morgan fingerprint density at radius 2 is 1.83 bits per heavy atom. The van der Waals surface area contributed by atoms with Gasteiger partial charge in [0.15, 0.2) is 0 Å². The average molecular weight is 273 g/mol. The van der Waals surface area contributed by atoms with Gasteiger partial charge in [-0.2, -0.15) is 0 Å². The Bertz CT molecular complexity index is 501. The number of hydrogen-bond donors (Lipinski definition) is 1. The van der Waals surface area contributed by atoms with Crippen molar-refractivity contribution in [3.63, 3.8) is 0 Å². The van der Waals surface area contributed by atoms with E-state index in [-0.39, 0.29) is 10.7 Å². The van der Waals surface area contributed by atoms with E-state index in [0.29, 0.717) is 24.4 Å². The van der Waals surface area contributed by atoms with Gasteiger partial charge in [-0.05, 0) is 12.3 Å². The van der Waals surface area contributed by atoms with Crippen molar-refractivity contribution in [1.82, 2.24) is 9.55 Å². The van der Waals surface area contributed by atoms with Crippen LogP contribution >= 0.6 is 11.6 Å². The summed E-state index contributed by atoms with van der Waals surface area (Å²) in [4.78, 5) is 26.6. The predicted molar refractivity (Wildman–Crippen MR) is 74.4 cm³/mol. The van der Waals surface area contributed by atoms with Crippen LogP contribution in [0.4, 0.5) is 0 Å². The lowest BCUT2D eigenvalue weighted by Crippen LogP contribution is -2.39. The molecule has 0 fully saturated rings. The van der Waals surface area contributed by atoms with Gasteiger partial charge in [0, 0.05) is 6.54 Å². The molecule has 0 bridgehead atoms. The van der Waals surface area contributed by atoms with E-state index in [1.54, 1.807) is 0 Å². The van der Waals surface area contributed by atoms with Gasteiger partial charge in [-0.25, -0.2) is 4.79 Å². The maximum Gasteiger partial charge on any atom is 0.329 e. The topological polar surface area (TPSA) is 54.9 Å². The number of aromatic amines is 1. The van der Waals surface area contributed by atoms with Crippen LogP contribution in [0.25, 0.3) is 0 Å². The van der Waals surface area contributed by atoms with Gasteiger partial charge in [-0.1, -0.05) is 51.6 Å². The number of nitrogens with zero attached hydrogens (tertiary/aromatic N) is 1. The highest BCUT2D eigenvalue weighted by Crippen LogP contribution is 2.11. The number of aromatic nitrogens is 2. The maximum absolute atomic E-state index is 12.2. The zero-order chi connectivity index (χ0) is 13.7. The van der Waals surface area contributed by atoms with Crippen molar-refractivity contribution in [3.8, 4) is 0 Å². The van der Waals surface area contributed by atoms with Crippen molar-refractivity contribution in [3.05, 3.63) is 31.6 Å². The first-order valence-electron chi connectivity index (χ1n) is 6.56. The van der Waals surface area contributed by atoms with Crippen LogP contribution in [0.5, 0.6) is 0 Å². The molecule has 0 aliphatic carbocycles. The molecule has 4 nitrogen and oxygen atoms in total. The van der Waals surface area contributed by atoms with Crippen molar-refractivity contribution in [1.29, 1.82) is 0 Å². The normalized spacial score (nSPS) is 11.2. The van der Waals surface area contributed by atoms with Crippen molar-refractivity contribution in [2.45, 2.75) is 53.0 Å². The van der Waals surface area contributed by atoms with Crippen LogP contribution in [-0.2, 0) is 13.0 Å². The number of halogens is 1. The number of H-pyrrole nitrogens is 1. The second-order valence-corrected chi connectivity index (χ2v) is 4.95. The van der Waals surface area contributed by atoms with Crippen LogP contribution in [0.1, 0.15) is 45.6 Å². The largest absolute Gasteiger partial charge is 0.329 e. The summed E-state index contributed by atoms with van der Waals surface area (Å²) < 4.78 is 1.29.